The number of nitrogens with one attached hydrogen (secondary N) is 1. The summed E-state index contributed by atoms with van der Waals surface area (Å²) < 4.78 is 15.8. The molecular weight excluding hydrogens is 258 g/mol. The maximum Gasteiger partial charge on any atom is 0.142 e. The van der Waals surface area contributed by atoms with Gasteiger partial charge in [0.1, 0.15) is 22.9 Å². The summed E-state index contributed by atoms with van der Waals surface area (Å²) in [6.07, 6.45) is 0. The Hall–Kier alpha value is -2.24. The fourth-order valence-corrected chi connectivity index (χ4v) is 1.77. The van der Waals surface area contributed by atoms with Crippen LogP contribution < -0.4 is 14.8 Å². The molecule has 0 saturated carbocycles. The van der Waals surface area contributed by atoms with Crippen LogP contribution in [0.1, 0.15) is 25.2 Å². The number of aryl methyl sites for hydroxylation is 1. The first kappa shape index (κ1) is 14.2. The maximum atomic E-state index is 5.59. The van der Waals surface area contributed by atoms with E-state index in [1.54, 1.807) is 0 Å². The summed E-state index contributed by atoms with van der Waals surface area (Å²) in [5, 5.41) is 10.9. The van der Waals surface area contributed by atoms with E-state index in [-0.39, 0.29) is 0 Å². The number of hydrogen-bond acceptors (Lipinski definition) is 6. The fourth-order valence-electron chi connectivity index (χ4n) is 1.77. The third-order valence-electron chi connectivity index (χ3n) is 2.75. The van der Waals surface area contributed by atoms with Gasteiger partial charge in [0.15, 0.2) is 0 Å². The van der Waals surface area contributed by atoms with Crippen LogP contribution in [0.2, 0.25) is 0 Å². The van der Waals surface area contributed by atoms with E-state index in [9.17, 15) is 0 Å². The fraction of sp³-hybridized carbons (Fsp3) is 0.429. The Morgan fingerprint density at radius 1 is 1.15 bits per heavy atom. The molecule has 0 aliphatic carbocycles. The largest absolute Gasteiger partial charge is 0.494 e. The molecule has 1 N–H and O–H groups in total. The summed E-state index contributed by atoms with van der Waals surface area (Å²) >= 11 is 0. The highest BCUT2D eigenvalue weighted by molar-refractivity contribution is 5.59. The second-order valence-corrected chi connectivity index (χ2v) is 4.17. The van der Waals surface area contributed by atoms with Crippen molar-refractivity contribution in [1.29, 1.82) is 0 Å². The zero-order valence-electron chi connectivity index (χ0n) is 12.0. The molecular formula is C14H19N3O3. The average Bonchev–Trinajstić information content (AvgIpc) is 2.85. The Morgan fingerprint density at radius 3 is 2.60 bits per heavy atom. The molecule has 0 radical (unpaired) electrons. The average molecular weight is 277 g/mol. The molecule has 0 amide bonds. The molecule has 6 nitrogen and oxygen atoms in total. The van der Waals surface area contributed by atoms with Gasteiger partial charge in [-0.15, -0.1) is 0 Å². The Morgan fingerprint density at radius 2 is 1.95 bits per heavy atom. The van der Waals surface area contributed by atoms with Gasteiger partial charge in [-0.1, -0.05) is 10.3 Å². The van der Waals surface area contributed by atoms with Crippen molar-refractivity contribution in [3.8, 4) is 11.5 Å². The number of ether oxygens (including phenoxy) is 2. The molecule has 0 saturated heterocycles. The number of hydrogen-bond donors (Lipinski definition) is 1. The predicted molar refractivity (Wildman–Crippen MR) is 75.1 cm³/mol. The SMILES string of the molecule is CCOc1ccc(OCC)c(NCc2nonc2C)c1. The molecule has 2 rings (SSSR count). The van der Waals surface area contributed by atoms with E-state index in [4.69, 9.17) is 9.47 Å². The Bertz CT molecular complexity index is 554. The number of rotatable bonds is 7. The van der Waals surface area contributed by atoms with Gasteiger partial charge in [0.25, 0.3) is 0 Å². The molecule has 108 valence electrons. The van der Waals surface area contributed by atoms with Gasteiger partial charge in [-0.2, -0.15) is 0 Å². The van der Waals surface area contributed by atoms with E-state index in [2.05, 4.69) is 20.3 Å². The van der Waals surface area contributed by atoms with Crippen molar-refractivity contribution in [3.63, 3.8) is 0 Å². The number of benzene rings is 1. The third-order valence-corrected chi connectivity index (χ3v) is 2.75. The quantitative estimate of drug-likeness (QED) is 0.839. The summed E-state index contributed by atoms with van der Waals surface area (Å²) in [5.41, 5.74) is 2.41. The van der Waals surface area contributed by atoms with Crippen molar-refractivity contribution >= 4 is 5.69 Å². The lowest BCUT2D eigenvalue weighted by Gasteiger charge is -2.13. The Labute approximate surface area is 118 Å². The first-order valence-corrected chi connectivity index (χ1v) is 6.66. The first-order chi connectivity index (χ1) is 9.74. The monoisotopic (exact) mass is 277 g/mol. The molecule has 0 aliphatic rings. The van der Waals surface area contributed by atoms with Crippen LogP contribution in [0.4, 0.5) is 5.69 Å². The molecule has 1 heterocycles. The van der Waals surface area contributed by atoms with Crippen molar-refractivity contribution in [3.05, 3.63) is 29.6 Å². The van der Waals surface area contributed by atoms with E-state index in [1.807, 2.05) is 39.0 Å². The van der Waals surface area contributed by atoms with Gasteiger partial charge in [0, 0.05) is 6.07 Å². The molecule has 1 aromatic heterocycles. The highest BCUT2D eigenvalue weighted by atomic mass is 16.6. The van der Waals surface area contributed by atoms with Crippen LogP contribution in [0.5, 0.6) is 11.5 Å². The summed E-state index contributed by atoms with van der Waals surface area (Å²) in [5.74, 6) is 1.58. The molecule has 0 aliphatic heterocycles. The van der Waals surface area contributed by atoms with Crippen LogP contribution in [0.15, 0.2) is 22.8 Å². The second-order valence-electron chi connectivity index (χ2n) is 4.17. The molecule has 1 aromatic carbocycles. The number of anilines is 1. The molecule has 0 spiro atoms. The van der Waals surface area contributed by atoms with Gasteiger partial charge >= 0.3 is 0 Å². The lowest BCUT2D eigenvalue weighted by atomic mass is 10.2. The summed E-state index contributed by atoms with van der Waals surface area (Å²) in [7, 11) is 0. The lowest BCUT2D eigenvalue weighted by Crippen LogP contribution is -2.05. The minimum absolute atomic E-state index is 0.519. The van der Waals surface area contributed by atoms with Crippen molar-refractivity contribution < 1.29 is 14.1 Å². The van der Waals surface area contributed by atoms with E-state index in [0.29, 0.717) is 19.8 Å². The number of aromatic nitrogens is 2. The van der Waals surface area contributed by atoms with Crippen LogP contribution in [-0.4, -0.2) is 23.5 Å². The van der Waals surface area contributed by atoms with Gasteiger partial charge in [0.05, 0.1) is 25.4 Å². The summed E-state index contributed by atoms with van der Waals surface area (Å²) in [4.78, 5) is 0. The van der Waals surface area contributed by atoms with Crippen molar-refractivity contribution in [2.24, 2.45) is 0 Å². The van der Waals surface area contributed by atoms with E-state index in [1.165, 1.54) is 0 Å². The predicted octanol–water partition coefficient (Wildman–Crippen LogP) is 2.79. The van der Waals surface area contributed by atoms with Gasteiger partial charge in [-0.3, -0.25) is 0 Å². The molecule has 0 unspecified atom stereocenters. The second kappa shape index (κ2) is 6.79. The zero-order valence-corrected chi connectivity index (χ0v) is 12.0. The van der Waals surface area contributed by atoms with Crippen molar-refractivity contribution in [2.75, 3.05) is 18.5 Å². The number of nitrogens with zero attached hydrogens (tertiary/aromatic N) is 2. The molecule has 20 heavy (non-hydrogen) atoms. The molecule has 0 fully saturated rings. The molecule has 0 atom stereocenters. The summed E-state index contributed by atoms with van der Waals surface area (Å²) in [6, 6.07) is 5.70. The van der Waals surface area contributed by atoms with E-state index >= 15 is 0 Å². The Kier molecular flexibility index (Phi) is 4.81. The third kappa shape index (κ3) is 3.40. The molecule has 2 aromatic rings. The lowest BCUT2D eigenvalue weighted by molar-refractivity contribution is 0.301. The standard InChI is InChI=1S/C14H19N3O3/c1-4-18-11-6-7-14(19-5-2)12(8-11)15-9-13-10(3)16-20-17-13/h6-8,15H,4-5,9H2,1-3H3. The van der Waals surface area contributed by atoms with Gasteiger partial charge in [-0.25, -0.2) is 4.63 Å². The summed E-state index contributed by atoms with van der Waals surface area (Å²) in [6.45, 7) is 7.51. The first-order valence-electron chi connectivity index (χ1n) is 6.66. The van der Waals surface area contributed by atoms with Gasteiger partial charge in [0.2, 0.25) is 0 Å². The van der Waals surface area contributed by atoms with Crippen LogP contribution >= 0.6 is 0 Å². The van der Waals surface area contributed by atoms with Crippen LogP contribution in [0.3, 0.4) is 0 Å². The normalized spacial score (nSPS) is 10.3. The van der Waals surface area contributed by atoms with E-state index < -0.39 is 0 Å². The van der Waals surface area contributed by atoms with Crippen LogP contribution in [0.25, 0.3) is 0 Å². The Balaban J connectivity index is 2.14. The van der Waals surface area contributed by atoms with Crippen LogP contribution in [0, 0.1) is 6.92 Å². The molecule has 6 heteroatoms. The minimum atomic E-state index is 0.519. The zero-order chi connectivity index (χ0) is 14.4. The maximum absolute atomic E-state index is 5.59. The van der Waals surface area contributed by atoms with E-state index in [0.717, 1.165) is 28.6 Å². The van der Waals surface area contributed by atoms with Gasteiger partial charge < -0.3 is 14.8 Å². The molecule has 0 bridgehead atoms. The smallest absolute Gasteiger partial charge is 0.142 e. The van der Waals surface area contributed by atoms with Crippen molar-refractivity contribution in [2.45, 2.75) is 27.3 Å². The topological polar surface area (TPSA) is 69.4 Å². The van der Waals surface area contributed by atoms with Crippen LogP contribution in [-0.2, 0) is 6.54 Å². The van der Waals surface area contributed by atoms with Crippen molar-refractivity contribution in [1.82, 2.24) is 10.3 Å². The van der Waals surface area contributed by atoms with Gasteiger partial charge in [-0.05, 0) is 32.9 Å². The highest BCUT2D eigenvalue weighted by Gasteiger charge is 2.09. The minimum Gasteiger partial charge on any atom is -0.494 e. The highest BCUT2D eigenvalue weighted by Crippen LogP contribution is 2.29.